The molecule has 2 aromatic carbocycles. The molecule has 2 aliphatic rings. The number of rotatable bonds is 5. The number of fused-ring (bicyclic) bond motifs is 1. The largest absolute Gasteiger partial charge is 0.341 e. The van der Waals surface area contributed by atoms with E-state index in [4.69, 9.17) is 11.6 Å². The van der Waals surface area contributed by atoms with E-state index in [1.54, 1.807) is 11.0 Å². The van der Waals surface area contributed by atoms with Gasteiger partial charge in [0.1, 0.15) is 18.9 Å². The Hall–Kier alpha value is -4.43. The second-order valence-electron chi connectivity index (χ2n) is 9.75. The Morgan fingerprint density at radius 3 is 2.55 bits per heavy atom. The number of likely N-dealkylation sites (tertiary alicyclic amines) is 1. The maximum atomic E-state index is 14.1. The number of halogens is 2. The van der Waals surface area contributed by atoms with Crippen LogP contribution in [0, 0.1) is 17.1 Å². The van der Waals surface area contributed by atoms with Crippen molar-refractivity contribution in [2.75, 3.05) is 25.0 Å². The van der Waals surface area contributed by atoms with E-state index in [-0.39, 0.29) is 40.7 Å². The second kappa shape index (κ2) is 11.4. The minimum absolute atomic E-state index is 0.0414. The van der Waals surface area contributed by atoms with Crippen molar-refractivity contribution in [3.63, 3.8) is 0 Å². The third-order valence-corrected chi connectivity index (χ3v) is 7.80. The summed E-state index contributed by atoms with van der Waals surface area (Å²) in [6.45, 7) is 0.419. The van der Waals surface area contributed by atoms with E-state index >= 15 is 0 Å². The molecule has 5 rings (SSSR count). The highest BCUT2D eigenvalue weighted by Crippen LogP contribution is 2.28. The lowest BCUT2D eigenvalue weighted by Crippen LogP contribution is -2.51. The maximum Gasteiger partial charge on any atom is 0.332 e. The summed E-state index contributed by atoms with van der Waals surface area (Å²) in [5.41, 5.74) is 0.211. The number of aromatic nitrogens is 2. The highest BCUT2D eigenvalue weighted by molar-refractivity contribution is 6.33. The molecule has 10 nitrogen and oxygen atoms in total. The maximum absolute atomic E-state index is 14.1. The van der Waals surface area contributed by atoms with E-state index in [9.17, 15) is 28.8 Å². The number of anilines is 1. The topological polar surface area (TPSA) is 120 Å². The Balaban J connectivity index is 1.32. The summed E-state index contributed by atoms with van der Waals surface area (Å²) in [4.78, 5) is 55.5. The molecule has 206 valence electrons. The second-order valence-corrected chi connectivity index (χ2v) is 10.1. The first-order valence-electron chi connectivity index (χ1n) is 12.9. The fourth-order valence-electron chi connectivity index (χ4n) is 5.28. The molecule has 3 heterocycles. The highest BCUT2D eigenvalue weighted by Gasteiger charge is 2.31. The first-order valence-corrected chi connectivity index (χ1v) is 13.2. The van der Waals surface area contributed by atoms with Crippen molar-refractivity contribution in [3.8, 4) is 17.2 Å². The molecule has 3 aromatic rings. The van der Waals surface area contributed by atoms with E-state index < -0.39 is 23.6 Å². The smallest absolute Gasteiger partial charge is 0.332 e. The van der Waals surface area contributed by atoms with Crippen molar-refractivity contribution >= 4 is 29.2 Å². The molecule has 1 fully saturated rings. The normalized spacial score (nSPS) is 15.7. The summed E-state index contributed by atoms with van der Waals surface area (Å²) in [7, 11) is 0. The Labute approximate surface area is 233 Å². The van der Waals surface area contributed by atoms with Crippen molar-refractivity contribution in [1.29, 1.82) is 5.26 Å². The van der Waals surface area contributed by atoms with Gasteiger partial charge in [-0.3, -0.25) is 14.2 Å². The van der Waals surface area contributed by atoms with Crippen LogP contribution >= 0.6 is 11.6 Å². The van der Waals surface area contributed by atoms with Gasteiger partial charge >= 0.3 is 11.7 Å². The molecule has 0 atom stereocenters. The van der Waals surface area contributed by atoms with Crippen LogP contribution in [0.2, 0.25) is 5.02 Å². The van der Waals surface area contributed by atoms with Crippen LogP contribution in [-0.2, 0) is 24.3 Å². The number of nitrogens with one attached hydrogen (secondary N) is 1. The van der Waals surface area contributed by atoms with E-state index in [0.717, 1.165) is 28.3 Å². The number of carbonyl (C=O) groups is 2. The summed E-state index contributed by atoms with van der Waals surface area (Å²) in [6.07, 6.45) is 3.06. The summed E-state index contributed by atoms with van der Waals surface area (Å²) in [5.74, 6) is -1.10. The predicted octanol–water partition coefficient (Wildman–Crippen LogP) is 3.07. The Bertz CT molecular complexity index is 1640. The number of piperidine rings is 1. The fourth-order valence-corrected chi connectivity index (χ4v) is 5.51. The molecule has 0 saturated carbocycles. The summed E-state index contributed by atoms with van der Waals surface area (Å²) >= 11 is 6.09. The number of hydrogen-bond acceptors (Lipinski definition) is 5. The molecule has 2 aliphatic heterocycles. The lowest BCUT2D eigenvalue weighted by molar-refractivity contribution is -0.133. The van der Waals surface area contributed by atoms with Gasteiger partial charge < -0.3 is 15.1 Å². The summed E-state index contributed by atoms with van der Waals surface area (Å²) < 4.78 is 15.9. The zero-order valence-electron chi connectivity index (χ0n) is 21.5. The van der Waals surface area contributed by atoms with Crippen LogP contribution in [0.4, 0.5) is 14.9 Å². The van der Waals surface area contributed by atoms with Gasteiger partial charge in [0.15, 0.2) is 0 Å². The first kappa shape index (κ1) is 27.1. The van der Waals surface area contributed by atoms with Gasteiger partial charge in [-0.1, -0.05) is 41.9 Å². The van der Waals surface area contributed by atoms with Gasteiger partial charge in [0.05, 0.1) is 16.7 Å². The van der Waals surface area contributed by atoms with Crippen molar-refractivity contribution in [3.05, 3.63) is 85.9 Å². The standard InChI is InChI=1S/C28H26ClFN6O4/c29-25-20(5-3-6-22(25)30)21-16-34(28(40)36(15-11-31)26(21)38)17-24(37)33-12-9-19(10-13-33)35-14-8-18-4-1-2-7-23(18)32-27(35)39/h1-7,16,19H,8-10,12-15,17H2,(H,32,39). The molecule has 0 aliphatic carbocycles. The van der Waals surface area contributed by atoms with Crippen LogP contribution in [0.3, 0.4) is 0 Å². The number of benzene rings is 2. The van der Waals surface area contributed by atoms with Gasteiger partial charge in [0, 0.05) is 43.1 Å². The summed E-state index contributed by atoms with van der Waals surface area (Å²) in [6, 6.07) is 13.2. The molecular weight excluding hydrogens is 539 g/mol. The van der Waals surface area contributed by atoms with Gasteiger partial charge in [-0.2, -0.15) is 5.26 Å². The van der Waals surface area contributed by atoms with Crippen LogP contribution in [-0.4, -0.2) is 56.5 Å². The van der Waals surface area contributed by atoms with Gasteiger partial charge in [0.2, 0.25) is 5.91 Å². The number of urea groups is 1. The Kier molecular flexibility index (Phi) is 7.71. The Morgan fingerprint density at radius 2 is 1.80 bits per heavy atom. The number of nitrogens with zero attached hydrogens (tertiary/aromatic N) is 5. The molecule has 1 saturated heterocycles. The molecule has 0 spiro atoms. The first-order chi connectivity index (χ1) is 19.3. The quantitative estimate of drug-likeness (QED) is 0.511. The van der Waals surface area contributed by atoms with Gasteiger partial charge in [0.25, 0.3) is 5.56 Å². The molecular formula is C28H26ClFN6O4. The Morgan fingerprint density at radius 1 is 1.05 bits per heavy atom. The predicted molar refractivity (Wildman–Crippen MR) is 146 cm³/mol. The zero-order valence-corrected chi connectivity index (χ0v) is 22.2. The molecule has 1 aromatic heterocycles. The molecule has 1 N–H and O–H groups in total. The lowest BCUT2D eigenvalue weighted by Gasteiger charge is -2.38. The van der Waals surface area contributed by atoms with Crippen LogP contribution < -0.4 is 16.6 Å². The number of nitriles is 1. The van der Waals surface area contributed by atoms with Crippen molar-refractivity contribution in [2.24, 2.45) is 0 Å². The van der Waals surface area contributed by atoms with Crippen LogP contribution in [0.1, 0.15) is 18.4 Å². The number of amides is 3. The van der Waals surface area contributed by atoms with Crippen molar-refractivity contribution in [2.45, 2.75) is 38.4 Å². The lowest BCUT2D eigenvalue weighted by atomic mass is 10.0. The third-order valence-electron chi connectivity index (χ3n) is 7.41. The average molecular weight is 565 g/mol. The summed E-state index contributed by atoms with van der Waals surface area (Å²) in [5, 5.41) is 11.8. The van der Waals surface area contributed by atoms with Gasteiger partial charge in [-0.25, -0.2) is 18.5 Å². The average Bonchev–Trinajstić information content (AvgIpc) is 3.12. The number of hydrogen-bond donors (Lipinski definition) is 1. The fraction of sp³-hybridized carbons (Fsp3) is 0.321. The van der Waals surface area contributed by atoms with Crippen molar-refractivity contribution in [1.82, 2.24) is 18.9 Å². The minimum atomic E-state index is -0.827. The van der Waals surface area contributed by atoms with E-state index in [1.807, 2.05) is 29.2 Å². The van der Waals surface area contributed by atoms with Crippen LogP contribution in [0.25, 0.3) is 11.1 Å². The van der Waals surface area contributed by atoms with Gasteiger partial charge in [-0.05, 0) is 37.0 Å². The van der Waals surface area contributed by atoms with Crippen LogP contribution in [0.15, 0.2) is 58.3 Å². The van der Waals surface area contributed by atoms with Crippen molar-refractivity contribution < 1.29 is 14.0 Å². The van der Waals surface area contributed by atoms with E-state index in [1.165, 1.54) is 18.3 Å². The number of para-hydroxylation sites is 1. The number of carbonyl (C=O) groups excluding carboxylic acids is 2. The molecule has 0 bridgehead atoms. The van der Waals surface area contributed by atoms with Crippen LogP contribution in [0.5, 0.6) is 0 Å². The van der Waals surface area contributed by atoms with E-state index in [2.05, 4.69) is 5.32 Å². The monoisotopic (exact) mass is 564 g/mol. The SMILES string of the molecule is N#CCn1c(=O)c(-c2cccc(F)c2Cl)cn(CC(=O)N2CCC(N3CCc4ccccc4NC3=O)CC2)c1=O. The molecule has 0 radical (unpaired) electrons. The van der Waals surface area contributed by atoms with Gasteiger partial charge in [-0.15, -0.1) is 0 Å². The molecule has 40 heavy (non-hydrogen) atoms. The minimum Gasteiger partial charge on any atom is -0.341 e. The third kappa shape index (κ3) is 5.22. The zero-order chi connectivity index (χ0) is 28.4. The highest BCUT2D eigenvalue weighted by atomic mass is 35.5. The molecule has 12 heteroatoms. The molecule has 3 amide bonds. The van der Waals surface area contributed by atoms with E-state index in [0.29, 0.717) is 37.0 Å². The molecule has 0 unspecified atom stereocenters.